The third-order valence-electron chi connectivity index (χ3n) is 3.97. The number of fused-ring (bicyclic) bond motifs is 1. The van der Waals surface area contributed by atoms with E-state index in [1.54, 1.807) is 0 Å². The average Bonchev–Trinajstić information content (AvgIpc) is 3.08. The molecule has 1 aliphatic heterocycles. The number of nitrogens with two attached hydrogens (primary N) is 1. The van der Waals surface area contributed by atoms with Gasteiger partial charge >= 0.3 is 0 Å². The summed E-state index contributed by atoms with van der Waals surface area (Å²) >= 11 is 0. The van der Waals surface area contributed by atoms with E-state index in [4.69, 9.17) is 5.73 Å². The summed E-state index contributed by atoms with van der Waals surface area (Å²) in [4.78, 5) is 0. The van der Waals surface area contributed by atoms with Crippen LogP contribution in [0, 0.1) is 5.92 Å². The van der Waals surface area contributed by atoms with Crippen LogP contribution in [0.5, 0.6) is 0 Å². The van der Waals surface area contributed by atoms with Crippen LogP contribution in [0.1, 0.15) is 30.0 Å². The van der Waals surface area contributed by atoms with E-state index in [-0.39, 0.29) is 6.04 Å². The fourth-order valence-corrected chi connectivity index (χ4v) is 2.85. The van der Waals surface area contributed by atoms with Crippen molar-refractivity contribution in [1.82, 2.24) is 5.32 Å². The van der Waals surface area contributed by atoms with Gasteiger partial charge in [-0.3, -0.25) is 0 Å². The first-order valence-corrected chi connectivity index (χ1v) is 5.99. The van der Waals surface area contributed by atoms with Gasteiger partial charge in [0.1, 0.15) is 0 Å². The second-order valence-corrected chi connectivity index (χ2v) is 4.98. The molecule has 2 aliphatic rings. The Hall–Kier alpha value is -0.900. The number of rotatable bonds is 3. The lowest BCUT2D eigenvalue weighted by atomic mass is 9.85. The zero-order chi connectivity index (χ0) is 11.2. The topological polar surface area (TPSA) is 58.3 Å². The van der Waals surface area contributed by atoms with Gasteiger partial charge in [-0.1, -0.05) is 24.3 Å². The van der Waals surface area contributed by atoms with Crippen LogP contribution in [0.2, 0.25) is 0 Å². The van der Waals surface area contributed by atoms with Gasteiger partial charge in [0.05, 0.1) is 11.6 Å². The van der Waals surface area contributed by atoms with Gasteiger partial charge in [0.25, 0.3) is 0 Å². The van der Waals surface area contributed by atoms with E-state index in [1.807, 2.05) is 12.1 Å². The summed E-state index contributed by atoms with van der Waals surface area (Å²) in [6.07, 6.45) is 2.21. The fraction of sp³-hybridized carbons (Fsp3) is 0.538. The van der Waals surface area contributed by atoms with Gasteiger partial charge < -0.3 is 16.2 Å². The summed E-state index contributed by atoms with van der Waals surface area (Å²) in [5, 5.41) is 14.1. The molecule has 0 saturated heterocycles. The van der Waals surface area contributed by atoms with Crippen molar-refractivity contribution in [3.8, 4) is 0 Å². The molecule has 0 amide bonds. The number of nitrogens with one attached hydrogen (secondary N) is 1. The number of hydrogen-bond donors (Lipinski definition) is 3. The number of hydrogen-bond acceptors (Lipinski definition) is 3. The highest BCUT2D eigenvalue weighted by Gasteiger charge is 2.50. The lowest BCUT2D eigenvalue weighted by Crippen LogP contribution is -2.49. The van der Waals surface area contributed by atoms with Crippen LogP contribution in [-0.4, -0.2) is 17.3 Å². The van der Waals surface area contributed by atoms with Crippen molar-refractivity contribution in [1.29, 1.82) is 0 Å². The molecular formula is C13H18N2O. The Bertz CT molecular complexity index is 403. The van der Waals surface area contributed by atoms with Crippen LogP contribution in [0.3, 0.4) is 0 Å². The zero-order valence-electron chi connectivity index (χ0n) is 9.32. The molecular weight excluding hydrogens is 200 g/mol. The van der Waals surface area contributed by atoms with Gasteiger partial charge in [0.2, 0.25) is 0 Å². The van der Waals surface area contributed by atoms with Gasteiger partial charge in [0, 0.05) is 13.1 Å². The Morgan fingerprint density at radius 3 is 2.81 bits per heavy atom. The van der Waals surface area contributed by atoms with Crippen LogP contribution < -0.4 is 11.1 Å². The lowest BCUT2D eigenvalue weighted by molar-refractivity contribution is -0.00917. The van der Waals surface area contributed by atoms with Crippen LogP contribution in [0.4, 0.5) is 0 Å². The molecule has 3 heteroatoms. The summed E-state index contributed by atoms with van der Waals surface area (Å²) in [6.45, 7) is 1.18. The third kappa shape index (κ3) is 1.39. The fourth-order valence-electron chi connectivity index (χ4n) is 2.85. The van der Waals surface area contributed by atoms with Crippen molar-refractivity contribution in [3.63, 3.8) is 0 Å². The van der Waals surface area contributed by atoms with Crippen LogP contribution >= 0.6 is 0 Å². The quantitative estimate of drug-likeness (QED) is 0.707. The van der Waals surface area contributed by atoms with Crippen molar-refractivity contribution in [2.24, 2.45) is 11.7 Å². The monoisotopic (exact) mass is 218 g/mol. The van der Waals surface area contributed by atoms with E-state index in [0.29, 0.717) is 12.5 Å². The first kappa shape index (κ1) is 10.3. The molecule has 16 heavy (non-hydrogen) atoms. The van der Waals surface area contributed by atoms with Crippen molar-refractivity contribution in [2.45, 2.75) is 31.0 Å². The minimum atomic E-state index is -0.757. The predicted octanol–water partition coefficient (Wildman–Crippen LogP) is 0.931. The summed E-state index contributed by atoms with van der Waals surface area (Å²) in [6, 6.07) is 8.31. The highest BCUT2D eigenvalue weighted by Crippen LogP contribution is 2.47. The predicted molar refractivity (Wildman–Crippen MR) is 62.8 cm³/mol. The minimum Gasteiger partial charge on any atom is -0.386 e. The molecule has 3 nitrogen and oxygen atoms in total. The molecule has 0 aromatic heterocycles. The SMILES string of the molecule is NCC(O)(C1CC1)C1NCc2ccccc21. The van der Waals surface area contributed by atoms with Gasteiger partial charge in [-0.15, -0.1) is 0 Å². The van der Waals surface area contributed by atoms with Crippen molar-refractivity contribution < 1.29 is 5.11 Å². The largest absolute Gasteiger partial charge is 0.386 e. The summed E-state index contributed by atoms with van der Waals surface area (Å²) < 4.78 is 0. The Morgan fingerprint density at radius 2 is 2.12 bits per heavy atom. The Balaban J connectivity index is 1.96. The third-order valence-corrected chi connectivity index (χ3v) is 3.97. The highest BCUT2D eigenvalue weighted by atomic mass is 16.3. The maximum atomic E-state index is 10.7. The summed E-state index contributed by atoms with van der Waals surface area (Å²) in [5.41, 5.74) is 7.55. The van der Waals surface area contributed by atoms with Gasteiger partial charge in [-0.2, -0.15) is 0 Å². The Labute approximate surface area is 95.7 Å². The van der Waals surface area contributed by atoms with Crippen molar-refractivity contribution in [3.05, 3.63) is 35.4 Å². The molecule has 2 unspecified atom stereocenters. The average molecular weight is 218 g/mol. The summed E-state index contributed by atoms with van der Waals surface area (Å²) in [7, 11) is 0. The number of aliphatic hydroxyl groups is 1. The number of benzene rings is 1. The maximum Gasteiger partial charge on any atom is 0.0990 e. The van der Waals surface area contributed by atoms with Crippen LogP contribution in [0.15, 0.2) is 24.3 Å². The first-order valence-electron chi connectivity index (χ1n) is 5.99. The zero-order valence-corrected chi connectivity index (χ0v) is 9.32. The minimum absolute atomic E-state index is 0.0150. The van der Waals surface area contributed by atoms with Gasteiger partial charge in [-0.05, 0) is 29.9 Å². The summed E-state index contributed by atoms with van der Waals surface area (Å²) in [5.74, 6) is 0.376. The standard InChI is InChI=1S/C13H18N2O/c14-8-13(16,10-5-6-10)12-11-4-2-1-3-9(11)7-15-12/h1-4,10,12,15-16H,5-8,14H2. The Kier molecular flexibility index (Phi) is 2.28. The van der Waals surface area contributed by atoms with E-state index in [1.165, 1.54) is 11.1 Å². The van der Waals surface area contributed by atoms with Crippen molar-refractivity contribution >= 4 is 0 Å². The molecule has 4 N–H and O–H groups in total. The lowest BCUT2D eigenvalue weighted by Gasteiger charge is -2.33. The van der Waals surface area contributed by atoms with Gasteiger partial charge in [0.15, 0.2) is 0 Å². The molecule has 1 aliphatic carbocycles. The Morgan fingerprint density at radius 1 is 1.38 bits per heavy atom. The van der Waals surface area contributed by atoms with Crippen molar-refractivity contribution in [2.75, 3.05) is 6.54 Å². The van der Waals surface area contributed by atoms with Gasteiger partial charge in [-0.25, -0.2) is 0 Å². The highest BCUT2D eigenvalue weighted by molar-refractivity contribution is 5.36. The van der Waals surface area contributed by atoms with E-state index >= 15 is 0 Å². The van der Waals surface area contributed by atoms with E-state index in [9.17, 15) is 5.11 Å². The maximum absolute atomic E-state index is 10.7. The van der Waals surface area contributed by atoms with E-state index in [0.717, 1.165) is 19.4 Å². The molecule has 86 valence electrons. The van der Waals surface area contributed by atoms with E-state index in [2.05, 4.69) is 17.4 Å². The molecule has 0 radical (unpaired) electrons. The molecule has 3 rings (SSSR count). The molecule has 2 atom stereocenters. The normalized spacial score (nSPS) is 27.5. The molecule has 0 spiro atoms. The molecule has 1 fully saturated rings. The molecule has 0 bridgehead atoms. The molecule has 1 saturated carbocycles. The van der Waals surface area contributed by atoms with E-state index < -0.39 is 5.60 Å². The molecule has 1 aromatic rings. The second-order valence-electron chi connectivity index (χ2n) is 4.98. The smallest absolute Gasteiger partial charge is 0.0990 e. The molecule has 1 heterocycles. The first-order chi connectivity index (χ1) is 7.75. The van der Waals surface area contributed by atoms with Crippen LogP contribution in [-0.2, 0) is 6.54 Å². The molecule has 1 aromatic carbocycles. The van der Waals surface area contributed by atoms with Crippen LogP contribution in [0.25, 0.3) is 0 Å². The second kappa shape index (κ2) is 3.55.